The van der Waals surface area contributed by atoms with Crippen LogP contribution in [-0.4, -0.2) is 43.5 Å². The lowest BCUT2D eigenvalue weighted by Crippen LogP contribution is -2.11. The van der Waals surface area contributed by atoms with E-state index in [9.17, 15) is 0 Å². The summed E-state index contributed by atoms with van der Waals surface area (Å²) < 4.78 is 15.4. The second kappa shape index (κ2) is 7.98. The number of hydrogen-bond donors (Lipinski definition) is 1. The first-order chi connectivity index (χ1) is 7.86. The molecule has 0 spiro atoms. The Bertz CT molecular complexity index is 279. The summed E-state index contributed by atoms with van der Waals surface area (Å²) in [7, 11) is 1.63. The molecular formula is C10H17N3O3. The maximum atomic E-state index is 5.39. The molecule has 0 bridgehead atoms. The van der Waals surface area contributed by atoms with Gasteiger partial charge >= 0.3 is 0 Å². The minimum absolute atomic E-state index is 0.382. The van der Waals surface area contributed by atoms with E-state index in [1.807, 2.05) is 0 Å². The Morgan fingerprint density at radius 3 is 2.56 bits per heavy atom. The lowest BCUT2D eigenvalue weighted by molar-refractivity contribution is 0.0536. The third kappa shape index (κ3) is 5.01. The molecule has 90 valence electrons. The fourth-order valence-corrected chi connectivity index (χ4v) is 0.972. The molecule has 0 atom stereocenters. The zero-order valence-corrected chi connectivity index (χ0v) is 9.39. The third-order valence-corrected chi connectivity index (χ3v) is 1.80. The van der Waals surface area contributed by atoms with Crippen LogP contribution in [0.15, 0.2) is 12.4 Å². The highest BCUT2D eigenvalue weighted by Crippen LogP contribution is 2.02. The first-order valence-corrected chi connectivity index (χ1v) is 5.07. The molecular weight excluding hydrogens is 210 g/mol. The maximum absolute atomic E-state index is 5.39. The van der Waals surface area contributed by atoms with Crippen LogP contribution in [0.25, 0.3) is 0 Å². The Labute approximate surface area is 94.7 Å². The fraction of sp³-hybridized carbons (Fsp3) is 0.600. The Morgan fingerprint density at radius 2 is 1.94 bits per heavy atom. The van der Waals surface area contributed by atoms with E-state index in [4.69, 9.17) is 19.9 Å². The van der Waals surface area contributed by atoms with E-state index in [0.29, 0.717) is 38.9 Å². The summed E-state index contributed by atoms with van der Waals surface area (Å²) in [4.78, 5) is 8.09. The van der Waals surface area contributed by atoms with E-state index in [0.717, 1.165) is 5.69 Å². The first kappa shape index (κ1) is 12.8. The summed E-state index contributed by atoms with van der Waals surface area (Å²) in [5, 5.41) is 0. The molecule has 1 aromatic rings. The molecule has 0 amide bonds. The molecule has 0 saturated heterocycles. The molecule has 6 heteroatoms. The standard InChI is InChI=1S/C10H17N3O3/c1-14-2-3-15-4-5-16-10-8-12-9(6-11)7-13-10/h7-8H,2-6,11H2,1H3. The van der Waals surface area contributed by atoms with Crippen LogP contribution in [0.5, 0.6) is 5.88 Å². The molecule has 0 aliphatic carbocycles. The summed E-state index contributed by atoms with van der Waals surface area (Å²) in [5.74, 6) is 0.479. The van der Waals surface area contributed by atoms with Crippen molar-refractivity contribution >= 4 is 0 Å². The van der Waals surface area contributed by atoms with Crippen molar-refractivity contribution in [2.75, 3.05) is 33.5 Å². The van der Waals surface area contributed by atoms with Crippen molar-refractivity contribution in [3.05, 3.63) is 18.1 Å². The molecule has 1 heterocycles. The average Bonchev–Trinajstić information content (AvgIpc) is 2.34. The Kier molecular flexibility index (Phi) is 6.39. The van der Waals surface area contributed by atoms with Crippen molar-refractivity contribution in [1.29, 1.82) is 0 Å². The molecule has 1 rings (SSSR count). The van der Waals surface area contributed by atoms with Crippen molar-refractivity contribution in [2.24, 2.45) is 5.73 Å². The molecule has 0 saturated carbocycles. The highest BCUT2D eigenvalue weighted by atomic mass is 16.5. The molecule has 0 fully saturated rings. The normalized spacial score (nSPS) is 10.4. The molecule has 0 aliphatic heterocycles. The van der Waals surface area contributed by atoms with Gasteiger partial charge in [0.25, 0.3) is 0 Å². The number of ether oxygens (including phenoxy) is 3. The summed E-state index contributed by atoms with van der Waals surface area (Å²) >= 11 is 0. The molecule has 1 aromatic heterocycles. The van der Waals surface area contributed by atoms with Gasteiger partial charge in [-0.15, -0.1) is 0 Å². The predicted molar refractivity (Wildman–Crippen MR) is 58.1 cm³/mol. The lowest BCUT2D eigenvalue weighted by atomic mass is 10.5. The zero-order valence-electron chi connectivity index (χ0n) is 9.39. The highest BCUT2D eigenvalue weighted by Gasteiger charge is 1.97. The summed E-state index contributed by atoms with van der Waals surface area (Å²) in [6.45, 7) is 2.49. The maximum Gasteiger partial charge on any atom is 0.232 e. The van der Waals surface area contributed by atoms with Crippen LogP contribution in [0.4, 0.5) is 0 Å². The zero-order chi connectivity index (χ0) is 11.6. The van der Waals surface area contributed by atoms with Gasteiger partial charge in [-0.05, 0) is 0 Å². The average molecular weight is 227 g/mol. The van der Waals surface area contributed by atoms with Gasteiger partial charge in [-0.25, -0.2) is 4.98 Å². The van der Waals surface area contributed by atoms with E-state index in [1.54, 1.807) is 19.5 Å². The Hall–Kier alpha value is -1.24. The second-order valence-corrected chi connectivity index (χ2v) is 3.00. The van der Waals surface area contributed by atoms with Gasteiger partial charge in [0.2, 0.25) is 5.88 Å². The quantitative estimate of drug-likeness (QED) is 0.629. The van der Waals surface area contributed by atoms with E-state index in [2.05, 4.69) is 9.97 Å². The molecule has 0 radical (unpaired) electrons. The van der Waals surface area contributed by atoms with E-state index < -0.39 is 0 Å². The fourth-order valence-electron chi connectivity index (χ4n) is 0.972. The summed E-state index contributed by atoms with van der Waals surface area (Å²) in [5.41, 5.74) is 6.13. The third-order valence-electron chi connectivity index (χ3n) is 1.80. The van der Waals surface area contributed by atoms with Crippen LogP contribution < -0.4 is 10.5 Å². The SMILES string of the molecule is COCCOCCOc1cnc(CN)cn1. The van der Waals surface area contributed by atoms with Crippen LogP contribution in [0.2, 0.25) is 0 Å². The molecule has 0 aliphatic rings. The van der Waals surface area contributed by atoms with Crippen molar-refractivity contribution in [2.45, 2.75) is 6.54 Å². The van der Waals surface area contributed by atoms with E-state index in [-0.39, 0.29) is 0 Å². The van der Waals surface area contributed by atoms with Gasteiger partial charge in [0.1, 0.15) is 6.61 Å². The Balaban J connectivity index is 2.12. The molecule has 0 aromatic carbocycles. The monoisotopic (exact) mass is 227 g/mol. The second-order valence-electron chi connectivity index (χ2n) is 3.00. The van der Waals surface area contributed by atoms with Crippen LogP contribution in [0.1, 0.15) is 5.69 Å². The van der Waals surface area contributed by atoms with E-state index >= 15 is 0 Å². The minimum atomic E-state index is 0.382. The minimum Gasteiger partial charge on any atom is -0.474 e. The number of aromatic nitrogens is 2. The van der Waals surface area contributed by atoms with Crippen LogP contribution in [-0.2, 0) is 16.0 Å². The van der Waals surface area contributed by atoms with Gasteiger partial charge in [-0.1, -0.05) is 0 Å². The van der Waals surface area contributed by atoms with Crippen LogP contribution >= 0.6 is 0 Å². The van der Waals surface area contributed by atoms with Crippen LogP contribution in [0.3, 0.4) is 0 Å². The van der Waals surface area contributed by atoms with Crippen molar-refractivity contribution in [1.82, 2.24) is 9.97 Å². The summed E-state index contributed by atoms with van der Waals surface area (Å²) in [6, 6.07) is 0. The smallest absolute Gasteiger partial charge is 0.232 e. The van der Waals surface area contributed by atoms with Gasteiger partial charge in [-0.2, -0.15) is 0 Å². The Morgan fingerprint density at radius 1 is 1.12 bits per heavy atom. The number of hydrogen-bond acceptors (Lipinski definition) is 6. The van der Waals surface area contributed by atoms with E-state index in [1.165, 1.54) is 0 Å². The van der Waals surface area contributed by atoms with Gasteiger partial charge < -0.3 is 19.9 Å². The van der Waals surface area contributed by atoms with Crippen molar-refractivity contribution in [3.8, 4) is 5.88 Å². The molecule has 16 heavy (non-hydrogen) atoms. The van der Waals surface area contributed by atoms with Crippen molar-refractivity contribution < 1.29 is 14.2 Å². The summed E-state index contributed by atoms with van der Waals surface area (Å²) in [6.07, 6.45) is 3.15. The van der Waals surface area contributed by atoms with Crippen LogP contribution in [0, 0.1) is 0 Å². The first-order valence-electron chi connectivity index (χ1n) is 5.07. The number of rotatable bonds is 8. The predicted octanol–water partition coefficient (Wildman–Crippen LogP) is -0.0229. The number of methoxy groups -OCH3 is 1. The number of nitrogens with two attached hydrogens (primary N) is 1. The molecule has 6 nitrogen and oxygen atoms in total. The lowest BCUT2D eigenvalue weighted by Gasteiger charge is -2.05. The largest absolute Gasteiger partial charge is 0.474 e. The molecule has 2 N–H and O–H groups in total. The van der Waals surface area contributed by atoms with Gasteiger partial charge in [0.05, 0.1) is 37.9 Å². The van der Waals surface area contributed by atoms with Gasteiger partial charge in [0.15, 0.2) is 0 Å². The topological polar surface area (TPSA) is 79.5 Å². The van der Waals surface area contributed by atoms with Crippen molar-refractivity contribution in [3.63, 3.8) is 0 Å². The number of nitrogens with zero attached hydrogens (tertiary/aromatic N) is 2. The highest BCUT2D eigenvalue weighted by molar-refractivity contribution is 5.06. The molecule has 0 unspecified atom stereocenters. The van der Waals surface area contributed by atoms with Gasteiger partial charge in [0, 0.05) is 13.7 Å². The van der Waals surface area contributed by atoms with Gasteiger partial charge in [-0.3, -0.25) is 4.98 Å².